The fourth-order valence-corrected chi connectivity index (χ4v) is 5.15. The molecular formula is C22H30N4OS. The molecule has 2 aliphatic heterocycles. The Morgan fingerprint density at radius 3 is 2.68 bits per heavy atom. The lowest BCUT2D eigenvalue weighted by molar-refractivity contribution is 0.0703. The first-order valence-corrected chi connectivity index (χ1v) is 11.5. The summed E-state index contributed by atoms with van der Waals surface area (Å²) in [6.07, 6.45) is 6.82. The van der Waals surface area contributed by atoms with Crippen molar-refractivity contribution in [3.8, 4) is 0 Å². The smallest absolute Gasteiger partial charge is 0.253 e. The molecule has 28 heavy (non-hydrogen) atoms. The molecule has 1 atom stereocenters. The molecule has 1 aromatic heterocycles. The highest BCUT2D eigenvalue weighted by atomic mass is 32.2. The molecule has 4 rings (SSSR count). The second-order valence-corrected chi connectivity index (χ2v) is 9.87. The summed E-state index contributed by atoms with van der Waals surface area (Å²) in [6.45, 7) is 6.97. The third-order valence-electron chi connectivity index (χ3n) is 5.68. The number of amides is 1. The Morgan fingerprint density at radius 1 is 1.07 bits per heavy atom. The molecule has 3 heterocycles. The van der Waals surface area contributed by atoms with E-state index in [0.717, 1.165) is 56.1 Å². The zero-order chi connectivity index (χ0) is 19.5. The van der Waals surface area contributed by atoms with E-state index in [-0.39, 0.29) is 5.91 Å². The lowest BCUT2D eigenvalue weighted by Crippen LogP contribution is -2.39. The van der Waals surface area contributed by atoms with Gasteiger partial charge in [0.25, 0.3) is 5.91 Å². The molecule has 0 spiro atoms. The van der Waals surface area contributed by atoms with Gasteiger partial charge >= 0.3 is 0 Å². The minimum Gasteiger partial charge on any atom is -0.338 e. The SMILES string of the molecule is CC(C)Sc1ccc(C(=O)N2CCCC(c3nnc4n3CCCCC4)C2)cc1. The first-order chi connectivity index (χ1) is 13.6. The molecular weight excluding hydrogens is 368 g/mol. The van der Waals surface area contributed by atoms with Crippen molar-refractivity contribution in [2.45, 2.75) is 75.0 Å². The van der Waals surface area contributed by atoms with Crippen molar-refractivity contribution in [2.24, 2.45) is 0 Å². The molecule has 1 fully saturated rings. The summed E-state index contributed by atoms with van der Waals surface area (Å²) in [6, 6.07) is 8.08. The van der Waals surface area contributed by atoms with Crippen LogP contribution in [0.1, 0.15) is 73.9 Å². The molecule has 0 radical (unpaired) electrons. The number of hydrogen-bond acceptors (Lipinski definition) is 4. The van der Waals surface area contributed by atoms with E-state index in [1.165, 1.54) is 24.2 Å². The Morgan fingerprint density at radius 2 is 1.89 bits per heavy atom. The number of carbonyl (C=O) groups is 1. The van der Waals surface area contributed by atoms with Gasteiger partial charge in [-0.25, -0.2) is 0 Å². The number of carbonyl (C=O) groups excluding carboxylic acids is 1. The van der Waals surface area contributed by atoms with Crippen LogP contribution in [0.4, 0.5) is 0 Å². The van der Waals surface area contributed by atoms with E-state index in [1.54, 1.807) is 0 Å². The third-order valence-corrected chi connectivity index (χ3v) is 6.70. The van der Waals surface area contributed by atoms with Crippen LogP contribution in [-0.4, -0.2) is 43.9 Å². The third kappa shape index (κ3) is 4.27. The fraction of sp³-hybridized carbons (Fsp3) is 0.591. The summed E-state index contributed by atoms with van der Waals surface area (Å²) >= 11 is 1.82. The predicted octanol–water partition coefficient (Wildman–Crippen LogP) is 4.52. The van der Waals surface area contributed by atoms with Crippen molar-refractivity contribution < 1.29 is 4.79 Å². The van der Waals surface area contributed by atoms with Crippen molar-refractivity contribution in [1.29, 1.82) is 0 Å². The number of nitrogens with zero attached hydrogens (tertiary/aromatic N) is 4. The average molecular weight is 399 g/mol. The van der Waals surface area contributed by atoms with Crippen LogP contribution in [0.3, 0.4) is 0 Å². The molecule has 1 amide bonds. The van der Waals surface area contributed by atoms with Crippen LogP contribution in [0, 0.1) is 0 Å². The Labute approximate surface area is 171 Å². The number of hydrogen-bond donors (Lipinski definition) is 0. The summed E-state index contributed by atoms with van der Waals surface area (Å²) in [5.74, 6) is 2.67. The average Bonchev–Trinajstić information content (AvgIpc) is 2.96. The lowest BCUT2D eigenvalue weighted by Gasteiger charge is -2.32. The molecule has 2 aromatic rings. The monoisotopic (exact) mass is 398 g/mol. The molecule has 5 nitrogen and oxygen atoms in total. The second-order valence-electron chi connectivity index (χ2n) is 8.22. The largest absolute Gasteiger partial charge is 0.338 e. The quantitative estimate of drug-likeness (QED) is 0.710. The number of aromatic nitrogens is 3. The highest BCUT2D eigenvalue weighted by Crippen LogP contribution is 2.29. The highest BCUT2D eigenvalue weighted by molar-refractivity contribution is 7.99. The Hall–Kier alpha value is -1.82. The van der Waals surface area contributed by atoms with E-state index in [9.17, 15) is 4.79 Å². The molecule has 6 heteroatoms. The van der Waals surface area contributed by atoms with Gasteiger partial charge in [-0.2, -0.15) is 0 Å². The Balaban J connectivity index is 1.46. The number of piperidine rings is 1. The summed E-state index contributed by atoms with van der Waals surface area (Å²) in [5, 5.41) is 9.55. The number of thioether (sulfide) groups is 1. The first-order valence-electron chi connectivity index (χ1n) is 10.6. The van der Waals surface area contributed by atoms with E-state index in [4.69, 9.17) is 0 Å². The Kier molecular flexibility index (Phi) is 6.04. The van der Waals surface area contributed by atoms with Gasteiger partial charge in [-0.1, -0.05) is 20.3 Å². The van der Waals surface area contributed by atoms with Crippen molar-refractivity contribution in [1.82, 2.24) is 19.7 Å². The summed E-state index contributed by atoms with van der Waals surface area (Å²) in [7, 11) is 0. The molecule has 0 saturated carbocycles. The molecule has 1 unspecified atom stereocenters. The zero-order valence-corrected chi connectivity index (χ0v) is 17.7. The van der Waals surface area contributed by atoms with Gasteiger partial charge in [0.2, 0.25) is 0 Å². The maximum Gasteiger partial charge on any atom is 0.253 e. The maximum absolute atomic E-state index is 13.1. The van der Waals surface area contributed by atoms with Gasteiger partial charge in [0.05, 0.1) is 0 Å². The number of likely N-dealkylation sites (tertiary alicyclic amines) is 1. The lowest BCUT2D eigenvalue weighted by atomic mass is 9.96. The zero-order valence-electron chi connectivity index (χ0n) is 16.9. The molecule has 150 valence electrons. The molecule has 1 aromatic carbocycles. The first kappa shape index (κ1) is 19.5. The summed E-state index contributed by atoms with van der Waals surface area (Å²) < 4.78 is 2.34. The summed E-state index contributed by atoms with van der Waals surface area (Å²) in [4.78, 5) is 16.3. The minimum absolute atomic E-state index is 0.140. The van der Waals surface area contributed by atoms with Gasteiger partial charge in [0.15, 0.2) is 0 Å². The van der Waals surface area contributed by atoms with Gasteiger partial charge in [-0.05, 0) is 49.9 Å². The summed E-state index contributed by atoms with van der Waals surface area (Å²) in [5.41, 5.74) is 0.786. The Bertz CT molecular complexity index is 814. The van der Waals surface area contributed by atoms with Gasteiger partial charge in [0, 0.05) is 47.7 Å². The number of aryl methyl sites for hydroxylation is 1. The highest BCUT2D eigenvalue weighted by Gasteiger charge is 2.29. The van der Waals surface area contributed by atoms with Crippen molar-refractivity contribution in [3.63, 3.8) is 0 Å². The van der Waals surface area contributed by atoms with Crippen molar-refractivity contribution in [3.05, 3.63) is 41.5 Å². The van der Waals surface area contributed by atoms with Crippen LogP contribution < -0.4 is 0 Å². The molecule has 2 aliphatic rings. The number of rotatable bonds is 4. The van der Waals surface area contributed by atoms with Gasteiger partial charge in [-0.15, -0.1) is 22.0 Å². The standard InChI is InChI=1S/C22H30N4OS/c1-16(2)28-19-11-9-17(10-12-19)22(27)25-13-6-7-18(15-25)21-24-23-20-8-4-3-5-14-26(20)21/h9-12,16,18H,3-8,13-15H2,1-2H3. The van der Waals surface area contributed by atoms with Crippen LogP contribution in [0.25, 0.3) is 0 Å². The van der Waals surface area contributed by atoms with Crippen molar-refractivity contribution in [2.75, 3.05) is 13.1 Å². The van der Waals surface area contributed by atoms with Gasteiger partial charge < -0.3 is 9.47 Å². The number of fused-ring (bicyclic) bond motifs is 1. The number of benzene rings is 1. The van der Waals surface area contributed by atoms with E-state index in [2.05, 4.69) is 40.7 Å². The van der Waals surface area contributed by atoms with Crippen LogP contribution in [0.15, 0.2) is 29.2 Å². The topological polar surface area (TPSA) is 51.0 Å². The predicted molar refractivity (Wildman–Crippen MR) is 113 cm³/mol. The van der Waals surface area contributed by atoms with E-state index in [0.29, 0.717) is 11.2 Å². The van der Waals surface area contributed by atoms with Crippen LogP contribution >= 0.6 is 11.8 Å². The van der Waals surface area contributed by atoms with Crippen LogP contribution in [0.5, 0.6) is 0 Å². The fourth-order valence-electron chi connectivity index (χ4n) is 4.31. The second kappa shape index (κ2) is 8.68. The van der Waals surface area contributed by atoms with E-state index in [1.807, 2.05) is 28.8 Å². The maximum atomic E-state index is 13.1. The molecule has 1 saturated heterocycles. The minimum atomic E-state index is 0.140. The normalized spacial score (nSPS) is 20.1. The van der Waals surface area contributed by atoms with E-state index >= 15 is 0 Å². The van der Waals surface area contributed by atoms with Gasteiger partial charge in [-0.3, -0.25) is 4.79 Å². The van der Waals surface area contributed by atoms with Gasteiger partial charge in [0.1, 0.15) is 11.6 Å². The van der Waals surface area contributed by atoms with Crippen LogP contribution in [0.2, 0.25) is 0 Å². The van der Waals surface area contributed by atoms with Crippen LogP contribution in [-0.2, 0) is 13.0 Å². The van der Waals surface area contributed by atoms with Crippen molar-refractivity contribution >= 4 is 17.7 Å². The molecule has 0 aliphatic carbocycles. The van der Waals surface area contributed by atoms with E-state index < -0.39 is 0 Å². The molecule has 0 bridgehead atoms. The molecule has 0 N–H and O–H groups in total.